The first-order chi connectivity index (χ1) is 6.00. The molecule has 1 atom stereocenters. The molecule has 0 N–H and O–H groups in total. The molecule has 13 heavy (non-hydrogen) atoms. The van der Waals surface area contributed by atoms with Crippen LogP contribution < -0.4 is 0 Å². The monoisotopic (exact) mass is 203 g/mol. The summed E-state index contributed by atoms with van der Waals surface area (Å²) in [6.07, 6.45) is 4.38. The van der Waals surface area contributed by atoms with Crippen LogP contribution in [0.2, 0.25) is 0 Å². The Morgan fingerprint density at radius 1 is 1.54 bits per heavy atom. The molecule has 1 fully saturated rings. The normalized spacial score (nSPS) is 20.8. The topological polar surface area (TPSA) is 38.7 Å². The van der Waals surface area contributed by atoms with Crippen LogP contribution in [0.4, 0.5) is 0 Å². The summed E-state index contributed by atoms with van der Waals surface area (Å²) in [4.78, 5) is 0. The van der Waals surface area contributed by atoms with Crippen LogP contribution in [0, 0.1) is 0 Å². The maximum Gasteiger partial charge on any atom is 0.144 e. The van der Waals surface area contributed by atoms with E-state index < -0.39 is 11.0 Å². The fourth-order valence-electron chi connectivity index (χ4n) is 0.670. The number of nitrogens with zero attached hydrogens (tertiary/aromatic N) is 1. The zero-order chi connectivity index (χ0) is 9.90. The fourth-order valence-corrected chi connectivity index (χ4v) is 1.18. The van der Waals surface area contributed by atoms with E-state index in [0.29, 0.717) is 12.7 Å². The molecule has 0 aromatic heterocycles. The summed E-state index contributed by atoms with van der Waals surface area (Å²) in [6, 6.07) is 0. The van der Waals surface area contributed by atoms with Gasteiger partial charge in [-0.3, -0.25) is 0 Å². The van der Waals surface area contributed by atoms with Crippen molar-refractivity contribution in [1.82, 2.24) is 0 Å². The van der Waals surface area contributed by atoms with E-state index in [4.69, 9.17) is 4.74 Å². The molecule has 0 spiro atoms. The highest BCUT2D eigenvalue weighted by Crippen LogP contribution is 2.22. The van der Waals surface area contributed by atoms with Gasteiger partial charge in [-0.2, -0.15) is 4.40 Å². The van der Waals surface area contributed by atoms with E-state index in [1.54, 1.807) is 6.21 Å². The molecule has 0 amide bonds. The Morgan fingerprint density at radius 3 is 2.62 bits per heavy atom. The van der Waals surface area contributed by atoms with Crippen LogP contribution in [-0.2, 0) is 15.7 Å². The molecule has 0 aliphatic heterocycles. The molecular weight excluding hydrogens is 186 g/mol. The summed E-state index contributed by atoms with van der Waals surface area (Å²) in [5.74, 6) is 0. The molecule has 0 bridgehead atoms. The molecule has 0 unspecified atom stereocenters. The Balaban J connectivity index is 2.18. The molecule has 1 saturated carbocycles. The van der Waals surface area contributed by atoms with Crippen molar-refractivity contribution in [2.45, 2.75) is 44.5 Å². The molecule has 76 valence electrons. The minimum atomic E-state index is -1.14. The van der Waals surface area contributed by atoms with Crippen LogP contribution in [0.1, 0.15) is 33.6 Å². The van der Waals surface area contributed by atoms with Gasteiger partial charge in [-0.25, -0.2) is 4.21 Å². The molecule has 0 aromatic carbocycles. The maximum absolute atomic E-state index is 11.4. The van der Waals surface area contributed by atoms with Crippen molar-refractivity contribution < 1.29 is 8.95 Å². The van der Waals surface area contributed by atoms with Crippen molar-refractivity contribution in [2.75, 3.05) is 6.61 Å². The van der Waals surface area contributed by atoms with Gasteiger partial charge in [0.25, 0.3) is 0 Å². The summed E-state index contributed by atoms with van der Waals surface area (Å²) in [5, 5.41) is 0. The SMILES string of the molecule is CC(C)(C)[S@@](=O)N=CCOC1CC1. The first kappa shape index (κ1) is 10.9. The van der Waals surface area contributed by atoms with Crippen LogP contribution in [0.15, 0.2) is 4.40 Å². The largest absolute Gasteiger partial charge is 0.373 e. The summed E-state index contributed by atoms with van der Waals surface area (Å²) in [7, 11) is -1.14. The van der Waals surface area contributed by atoms with Crippen molar-refractivity contribution in [2.24, 2.45) is 4.40 Å². The predicted octanol–water partition coefficient (Wildman–Crippen LogP) is 1.70. The van der Waals surface area contributed by atoms with Gasteiger partial charge in [0.1, 0.15) is 11.0 Å². The first-order valence-electron chi connectivity index (χ1n) is 4.56. The highest BCUT2D eigenvalue weighted by molar-refractivity contribution is 7.85. The second kappa shape index (κ2) is 4.33. The van der Waals surface area contributed by atoms with E-state index in [2.05, 4.69) is 4.40 Å². The van der Waals surface area contributed by atoms with Crippen molar-refractivity contribution in [1.29, 1.82) is 0 Å². The molecule has 0 saturated heterocycles. The molecule has 0 aromatic rings. The average molecular weight is 203 g/mol. The summed E-state index contributed by atoms with van der Waals surface area (Å²) in [5.41, 5.74) is 0. The van der Waals surface area contributed by atoms with E-state index in [-0.39, 0.29) is 4.75 Å². The third kappa shape index (κ3) is 4.52. The summed E-state index contributed by atoms with van der Waals surface area (Å²) >= 11 is 0. The van der Waals surface area contributed by atoms with Crippen molar-refractivity contribution >= 4 is 17.2 Å². The second-order valence-electron chi connectivity index (χ2n) is 4.18. The molecule has 0 radical (unpaired) electrons. The maximum atomic E-state index is 11.4. The quantitative estimate of drug-likeness (QED) is 0.652. The van der Waals surface area contributed by atoms with Crippen molar-refractivity contribution in [3.63, 3.8) is 0 Å². The fraction of sp³-hybridized carbons (Fsp3) is 0.889. The number of ether oxygens (including phenoxy) is 1. The lowest BCUT2D eigenvalue weighted by atomic mass is 10.3. The van der Waals surface area contributed by atoms with Gasteiger partial charge in [-0.15, -0.1) is 0 Å². The minimum Gasteiger partial charge on any atom is -0.373 e. The van der Waals surface area contributed by atoms with E-state index in [1.165, 1.54) is 0 Å². The highest BCUT2D eigenvalue weighted by atomic mass is 32.2. The average Bonchev–Trinajstić information content (AvgIpc) is 2.79. The first-order valence-corrected chi connectivity index (χ1v) is 5.67. The molecule has 1 rings (SSSR count). The molecule has 0 heterocycles. The Morgan fingerprint density at radius 2 is 2.15 bits per heavy atom. The zero-order valence-corrected chi connectivity index (χ0v) is 9.26. The lowest BCUT2D eigenvalue weighted by molar-refractivity contribution is 0.159. The smallest absolute Gasteiger partial charge is 0.144 e. The lowest BCUT2D eigenvalue weighted by Crippen LogP contribution is -2.19. The Labute approximate surface area is 82.2 Å². The van der Waals surface area contributed by atoms with Crippen LogP contribution in [0.25, 0.3) is 0 Å². The Hall–Kier alpha value is -0.220. The van der Waals surface area contributed by atoms with Gasteiger partial charge in [0.2, 0.25) is 0 Å². The summed E-state index contributed by atoms with van der Waals surface area (Å²) in [6.45, 7) is 6.21. The Bertz CT molecular complexity index is 216. The summed E-state index contributed by atoms with van der Waals surface area (Å²) < 4.78 is 20.4. The highest BCUT2D eigenvalue weighted by Gasteiger charge is 2.21. The predicted molar refractivity (Wildman–Crippen MR) is 55.4 cm³/mol. The van der Waals surface area contributed by atoms with E-state index >= 15 is 0 Å². The van der Waals surface area contributed by atoms with Gasteiger partial charge in [-0.1, -0.05) is 0 Å². The second-order valence-corrected chi connectivity index (χ2v) is 6.12. The molecule has 4 heteroatoms. The van der Waals surface area contributed by atoms with Crippen LogP contribution in [-0.4, -0.2) is 27.9 Å². The third-order valence-corrected chi connectivity index (χ3v) is 3.01. The molecule has 1 aliphatic rings. The van der Waals surface area contributed by atoms with Gasteiger partial charge < -0.3 is 4.74 Å². The number of hydrogen-bond donors (Lipinski definition) is 0. The number of hydrogen-bond acceptors (Lipinski definition) is 2. The van der Waals surface area contributed by atoms with Gasteiger partial charge in [-0.05, 0) is 33.6 Å². The standard InChI is InChI=1S/C9H17NO2S/c1-9(2,3)13(11)10-6-7-12-8-4-5-8/h6,8H,4-5,7H2,1-3H3/t13-/m1/s1. The van der Waals surface area contributed by atoms with Gasteiger partial charge in [0.15, 0.2) is 0 Å². The van der Waals surface area contributed by atoms with E-state index in [9.17, 15) is 4.21 Å². The van der Waals surface area contributed by atoms with Crippen molar-refractivity contribution in [3.8, 4) is 0 Å². The van der Waals surface area contributed by atoms with Crippen LogP contribution in [0.3, 0.4) is 0 Å². The van der Waals surface area contributed by atoms with Gasteiger partial charge >= 0.3 is 0 Å². The minimum absolute atomic E-state index is 0.268. The lowest BCUT2D eigenvalue weighted by Gasteiger charge is -2.12. The van der Waals surface area contributed by atoms with Gasteiger partial charge in [0.05, 0.1) is 17.5 Å². The number of rotatable bonds is 4. The van der Waals surface area contributed by atoms with Gasteiger partial charge in [0, 0.05) is 6.21 Å². The van der Waals surface area contributed by atoms with Crippen LogP contribution in [0.5, 0.6) is 0 Å². The van der Waals surface area contributed by atoms with Crippen LogP contribution >= 0.6 is 0 Å². The molecule has 3 nitrogen and oxygen atoms in total. The Kier molecular flexibility index (Phi) is 3.62. The molecular formula is C9H17NO2S. The van der Waals surface area contributed by atoms with E-state index in [1.807, 2.05) is 20.8 Å². The molecule has 1 aliphatic carbocycles. The van der Waals surface area contributed by atoms with Crippen molar-refractivity contribution in [3.05, 3.63) is 0 Å². The third-order valence-electron chi connectivity index (χ3n) is 1.62. The zero-order valence-electron chi connectivity index (χ0n) is 8.45. The van der Waals surface area contributed by atoms with E-state index in [0.717, 1.165) is 12.8 Å².